The summed E-state index contributed by atoms with van der Waals surface area (Å²) >= 11 is 0. The molecule has 1 aliphatic heterocycles. The average molecular weight is 328 g/mol. The Kier molecular flexibility index (Phi) is 4.60. The zero-order chi connectivity index (χ0) is 17.3. The molecule has 3 rings (SSSR count). The molecular formula is C19H24N2O3. The SMILES string of the molecule is COc1cccc2c1CCCCN2C(=O)C(C)c1c(C)noc1C. The number of carbonyl (C=O) groups excluding carboxylic acids is 1. The minimum absolute atomic E-state index is 0.0841. The fourth-order valence-corrected chi connectivity index (χ4v) is 3.64. The van der Waals surface area contributed by atoms with E-state index >= 15 is 0 Å². The van der Waals surface area contributed by atoms with Gasteiger partial charge >= 0.3 is 0 Å². The maximum absolute atomic E-state index is 13.2. The number of methoxy groups -OCH3 is 1. The highest BCUT2D eigenvalue weighted by Gasteiger charge is 2.30. The van der Waals surface area contributed by atoms with Crippen LogP contribution in [0.15, 0.2) is 22.7 Å². The number of nitrogens with zero attached hydrogens (tertiary/aromatic N) is 2. The van der Waals surface area contributed by atoms with E-state index in [0.29, 0.717) is 5.76 Å². The molecule has 1 aromatic carbocycles. The number of carbonyl (C=O) groups is 1. The molecule has 1 atom stereocenters. The highest BCUT2D eigenvalue weighted by atomic mass is 16.5. The van der Waals surface area contributed by atoms with E-state index in [2.05, 4.69) is 5.16 Å². The van der Waals surface area contributed by atoms with Gasteiger partial charge in [-0.3, -0.25) is 4.79 Å². The molecule has 5 heteroatoms. The molecule has 1 aromatic heterocycles. The van der Waals surface area contributed by atoms with Crippen molar-refractivity contribution >= 4 is 11.6 Å². The molecule has 1 aliphatic rings. The maximum Gasteiger partial charge on any atom is 0.234 e. The van der Waals surface area contributed by atoms with E-state index in [4.69, 9.17) is 9.26 Å². The van der Waals surface area contributed by atoms with E-state index < -0.39 is 0 Å². The van der Waals surface area contributed by atoms with Gasteiger partial charge in [-0.2, -0.15) is 0 Å². The standard InChI is InChI=1S/C19H24N2O3/c1-12(18-13(2)20-24-14(18)3)19(22)21-11-6-5-8-15-16(21)9-7-10-17(15)23-4/h7,9-10,12H,5-6,8,11H2,1-4H3. The smallest absolute Gasteiger partial charge is 0.234 e. The van der Waals surface area contributed by atoms with Crippen molar-refractivity contribution in [1.29, 1.82) is 0 Å². The number of hydrogen-bond donors (Lipinski definition) is 0. The van der Waals surface area contributed by atoms with Crippen LogP contribution in [0.25, 0.3) is 0 Å². The van der Waals surface area contributed by atoms with Gasteiger partial charge in [0.15, 0.2) is 0 Å². The van der Waals surface area contributed by atoms with Crippen LogP contribution in [-0.2, 0) is 11.2 Å². The van der Waals surface area contributed by atoms with Crippen LogP contribution in [0.4, 0.5) is 5.69 Å². The molecule has 1 unspecified atom stereocenters. The number of anilines is 1. The number of fused-ring (bicyclic) bond motifs is 1. The molecule has 0 saturated carbocycles. The highest BCUT2D eigenvalue weighted by Crippen LogP contribution is 2.35. The van der Waals surface area contributed by atoms with Gasteiger partial charge in [0.25, 0.3) is 0 Å². The van der Waals surface area contributed by atoms with Crippen LogP contribution >= 0.6 is 0 Å². The summed E-state index contributed by atoms with van der Waals surface area (Å²) in [5.41, 5.74) is 3.77. The first kappa shape index (κ1) is 16.6. The van der Waals surface area contributed by atoms with Crippen molar-refractivity contribution in [3.05, 3.63) is 40.8 Å². The van der Waals surface area contributed by atoms with Crippen molar-refractivity contribution in [2.45, 2.75) is 46.0 Å². The minimum Gasteiger partial charge on any atom is -0.496 e. The quantitative estimate of drug-likeness (QED) is 0.860. The first-order valence-corrected chi connectivity index (χ1v) is 8.44. The first-order valence-electron chi connectivity index (χ1n) is 8.44. The van der Waals surface area contributed by atoms with Gasteiger partial charge in [0.05, 0.1) is 24.4 Å². The molecule has 0 N–H and O–H groups in total. The van der Waals surface area contributed by atoms with Gasteiger partial charge in [-0.15, -0.1) is 0 Å². The first-order chi connectivity index (χ1) is 11.5. The van der Waals surface area contributed by atoms with E-state index in [1.54, 1.807) is 7.11 Å². The maximum atomic E-state index is 13.2. The molecule has 2 aromatic rings. The van der Waals surface area contributed by atoms with Gasteiger partial charge in [-0.05, 0) is 52.2 Å². The topological polar surface area (TPSA) is 55.6 Å². The van der Waals surface area contributed by atoms with Crippen molar-refractivity contribution in [2.75, 3.05) is 18.6 Å². The Morgan fingerprint density at radius 3 is 2.79 bits per heavy atom. The number of ether oxygens (including phenoxy) is 1. The summed E-state index contributed by atoms with van der Waals surface area (Å²) in [6, 6.07) is 5.93. The van der Waals surface area contributed by atoms with Crippen LogP contribution in [0.1, 0.15) is 48.3 Å². The molecule has 0 bridgehead atoms. The van der Waals surface area contributed by atoms with Crippen molar-refractivity contribution in [3.8, 4) is 5.75 Å². The molecular weight excluding hydrogens is 304 g/mol. The largest absolute Gasteiger partial charge is 0.496 e. The lowest BCUT2D eigenvalue weighted by Gasteiger charge is -2.26. The molecule has 2 heterocycles. The van der Waals surface area contributed by atoms with Crippen LogP contribution in [0.2, 0.25) is 0 Å². The molecule has 5 nitrogen and oxygen atoms in total. The van der Waals surface area contributed by atoms with Gasteiger partial charge in [-0.1, -0.05) is 11.2 Å². The Bertz CT molecular complexity index is 732. The zero-order valence-corrected chi connectivity index (χ0v) is 14.8. The molecule has 0 saturated heterocycles. The van der Waals surface area contributed by atoms with Crippen LogP contribution in [0.5, 0.6) is 5.75 Å². The summed E-state index contributed by atoms with van der Waals surface area (Å²) in [4.78, 5) is 15.1. The van der Waals surface area contributed by atoms with Gasteiger partial charge in [0, 0.05) is 17.7 Å². The summed E-state index contributed by atoms with van der Waals surface area (Å²) in [6.45, 7) is 6.40. The average Bonchev–Trinajstić information content (AvgIpc) is 2.80. The fraction of sp³-hybridized carbons (Fsp3) is 0.474. The van der Waals surface area contributed by atoms with Crippen molar-refractivity contribution in [3.63, 3.8) is 0 Å². The Labute approximate surface area is 142 Å². The minimum atomic E-state index is -0.284. The normalized spacial score (nSPS) is 15.6. The number of benzene rings is 1. The Morgan fingerprint density at radius 2 is 2.12 bits per heavy atom. The molecule has 0 spiro atoms. The van der Waals surface area contributed by atoms with E-state index in [1.807, 2.05) is 43.9 Å². The summed E-state index contributed by atoms with van der Waals surface area (Å²) in [5, 5.41) is 3.99. The van der Waals surface area contributed by atoms with Gasteiger partial charge < -0.3 is 14.2 Å². The fourth-order valence-electron chi connectivity index (χ4n) is 3.64. The molecule has 0 fully saturated rings. The monoisotopic (exact) mass is 328 g/mol. The van der Waals surface area contributed by atoms with E-state index in [9.17, 15) is 4.79 Å². The molecule has 0 aliphatic carbocycles. The predicted octanol–water partition coefficient (Wildman–Crippen LogP) is 3.77. The summed E-state index contributed by atoms with van der Waals surface area (Å²) in [7, 11) is 1.68. The third kappa shape index (κ3) is 2.79. The Balaban J connectivity index is 1.99. The van der Waals surface area contributed by atoms with Crippen molar-refractivity contribution < 1.29 is 14.1 Å². The number of rotatable bonds is 3. The van der Waals surface area contributed by atoms with Gasteiger partial charge in [0.1, 0.15) is 11.5 Å². The second-order valence-electron chi connectivity index (χ2n) is 6.36. The van der Waals surface area contributed by atoms with Crippen LogP contribution < -0.4 is 9.64 Å². The zero-order valence-electron chi connectivity index (χ0n) is 14.8. The second-order valence-corrected chi connectivity index (χ2v) is 6.36. The molecule has 1 amide bonds. The van der Waals surface area contributed by atoms with Crippen molar-refractivity contribution in [1.82, 2.24) is 5.16 Å². The van der Waals surface area contributed by atoms with E-state index in [0.717, 1.165) is 54.1 Å². The summed E-state index contributed by atoms with van der Waals surface area (Å²) < 4.78 is 10.7. The van der Waals surface area contributed by atoms with Gasteiger partial charge in [0.2, 0.25) is 5.91 Å². The summed E-state index contributed by atoms with van der Waals surface area (Å²) in [5.74, 6) is 1.38. The van der Waals surface area contributed by atoms with Crippen LogP contribution in [0, 0.1) is 13.8 Å². The van der Waals surface area contributed by atoms with Gasteiger partial charge in [-0.25, -0.2) is 0 Å². The number of aryl methyl sites for hydroxylation is 2. The third-order valence-electron chi connectivity index (χ3n) is 4.84. The number of amides is 1. The molecule has 0 radical (unpaired) electrons. The number of hydrogen-bond acceptors (Lipinski definition) is 4. The third-order valence-corrected chi connectivity index (χ3v) is 4.84. The highest BCUT2D eigenvalue weighted by molar-refractivity contribution is 5.99. The lowest BCUT2D eigenvalue weighted by atomic mass is 9.97. The Hall–Kier alpha value is -2.30. The predicted molar refractivity (Wildman–Crippen MR) is 92.7 cm³/mol. The second kappa shape index (κ2) is 6.67. The van der Waals surface area contributed by atoms with E-state index in [-0.39, 0.29) is 11.8 Å². The Morgan fingerprint density at radius 1 is 1.33 bits per heavy atom. The molecule has 24 heavy (non-hydrogen) atoms. The lowest BCUT2D eigenvalue weighted by Crippen LogP contribution is -2.35. The van der Waals surface area contributed by atoms with Crippen molar-refractivity contribution in [2.24, 2.45) is 0 Å². The number of aromatic nitrogens is 1. The van der Waals surface area contributed by atoms with E-state index in [1.165, 1.54) is 0 Å². The van der Waals surface area contributed by atoms with Crippen LogP contribution in [0.3, 0.4) is 0 Å². The molecule has 128 valence electrons. The van der Waals surface area contributed by atoms with Crippen LogP contribution in [-0.4, -0.2) is 24.7 Å². The summed E-state index contributed by atoms with van der Waals surface area (Å²) in [6.07, 6.45) is 2.97. The lowest BCUT2D eigenvalue weighted by molar-refractivity contribution is -0.119.